The van der Waals surface area contributed by atoms with Gasteiger partial charge in [0.25, 0.3) is 11.6 Å². The van der Waals surface area contributed by atoms with Gasteiger partial charge in [-0.15, -0.1) is 0 Å². The van der Waals surface area contributed by atoms with Crippen LogP contribution in [0.25, 0.3) is 6.08 Å². The van der Waals surface area contributed by atoms with Gasteiger partial charge in [-0.1, -0.05) is 19.4 Å². The van der Waals surface area contributed by atoms with Crippen molar-refractivity contribution >= 4 is 23.4 Å². The molecule has 21 heavy (non-hydrogen) atoms. The maximum absolute atomic E-state index is 11.8. The third-order valence-electron chi connectivity index (χ3n) is 2.74. The van der Waals surface area contributed by atoms with Crippen molar-refractivity contribution < 1.29 is 9.72 Å². The Hall–Kier alpha value is -2.88. The number of nitrogens with two attached hydrogens (primary N) is 1. The number of rotatable bonds is 6. The molecule has 0 heterocycles. The Kier molecular flexibility index (Phi) is 5.89. The van der Waals surface area contributed by atoms with E-state index in [1.165, 1.54) is 24.3 Å². The maximum Gasteiger partial charge on any atom is 0.292 e. The zero-order valence-corrected chi connectivity index (χ0v) is 11.6. The second-order valence-electron chi connectivity index (χ2n) is 4.35. The first-order valence-corrected chi connectivity index (χ1v) is 6.43. The van der Waals surface area contributed by atoms with Crippen LogP contribution in [0.5, 0.6) is 0 Å². The van der Waals surface area contributed by atoms with E-state index in [1.807, 2.05) is 6.92 Å². The molecule has 1 aromatic rings. The van der Waals surface area contributed by atoms with Crippen molar-refractivity contribution in [2.45, 2.75) is 19.8 Å². The van der Waals surface area contributed by atoms with Gasteiger partial charge in [0, 0.05) is 12.6 Å². The van der Waals surface area contributed by atoms with Crippen LogP contribution in [-0.2, 0) is 4.79 Å². The second-order valence-corrected chi connectivity index (χ2v) is 4.35. The third kappa shape index (κ3) is 4.62. The highest BCUT2D eigenvalue weighted by Crippen LogP contribution is 2.23. The van der Waals surface area contributed by atoms with Crippen molar-refractivity contribution in [3.63, 3.8) is 0 Å². The summed E-state index contributed by atoms with van der Waals surface area (Å²) in [5.74, 6) is -0.495. The number of nitrogens with one attached hydrogen (secondary N) is 1. The first kappa shape index (κ1) is 16.2. The molecule has 3 N–H and O–H groups in total. The Balaban J connectivity index is 2.98. The second kappa shape index (κ2) is 7.65. The molecular formula is C14H16N4O3. The number of amides is 1. The molecule has 1 rings (SSSR count). The van der Waals surface area contributed by atoms with Crippen molar-refractivity contribution in [1.29, 1.82) is 5.26 Å². The topological polar surface area (TPSA) is 122 Å². The van der Waals surface area contributed by atoms with Crippen LogP contribution in [0.15, 0.2) is 23.8 Å². The van der Waals surface area contributed by atoms with Crippen molar-refractivity contribution in [2.24, 2.45) is 0 Å². The van der Waals surface area contributed by atoms with Gasteiger partial charge >= 0.3 is 0 Å². The summed E-state index contributed by atoms with van der Waals surface area (Å²) in [5, 5.41) is 22.4. The standard InChI is InChI=1S/C14H16N4O3/c1-2-3-6-17-14(19)11(9-15)7-10-4-5-12(16)13(8-10)18(20)21/h4-5,7-8H,2-3,6,16H2,1H3,(H,17,19). The van der Waals surface area contributed by atoms with E-state index < -0.39 is 10.8 Å². The van der Waals surface area contributed by atoms with Gasteiger partial charge in [-0.3, -0.25) is 14.9 Å². The molecule has 7 nitrogen and oxygen atoms in total. The summed E-state index contributed by atoms with van der Waals surface area (Å²) < 4.78 is 0. The lowest BCUT2D eigenvalue weighted by Crippen LogP contribution is -2.25. The molecule has 1 aromatic carbocycles. The molecule has 0 saturated heterocycles. The van der Waals surface area contributed by atoms with Crippen LogP contribution >= 0.6 is 0 Å². The number of anilines is 1. The number of carbonyl (C=O) groups excluding carboxylic acids is 1. The number of nitro groups is 1. The van der Waals surface area contributed by atoms with Crippen LogP contribution in [0.2, 0.25) is 0 Å². The molecule has 0 atom stereocenters. The Morgan fingerprint density at radius 1 is 1.57 bits per heavy atom. The minimum absolute atomic E-state index is 0.0306. The van der Waals surface area contributed by atoms with Gasteiger partial charge in [0.2, 0.25) is 0 Å². The highest BCUT2D eigenvalue weighted by atomic mass is 16.6. The molecule has 0 aliphatic carbocycles. The van der Waals surface area contributed by atoms with Crippen LogP contribution in [0.3, 0.4) is 0 Å². The smallest absolute Gasteiger partial charge is 0.292 e. The van der Waals surface area contributed by atoms with Crippen molar-refractivity contribution in [3.05, 3.63) is 39.4 Å². The van der Waals surface area contributed by atoms with E-state index in [4.69, 9.17) is 11.0 Å². The summed E-state index contributed by atoms with van der Waals surface area (Å²) in [6.07, 6.45) is 3.04. The van der Waals surface area contributed by atoms with Crippen LogP contribution in [0, 0.1) is 21.4 Å². The van der Waals surface area contributed by atoms with Gasteiger partial charge in [-0.2, -0.15) is 5.26 Å². The largest absolute Gasteiger partial charge is 0.393 e. The number of nitro benzene ring substituents is 1. The lowest BCUT2D eigenvalue weighted by atomic mass is 10.1. The first-order chi connectivity index (χ1) is 9.99. The quantitative estimate of drug-likeness (QED) is 0.207. The minimum atomic E-state index is -0.611. The monoisotopic (exact) mass is 288 g/mol. The predicted molar refractivity (Wildman–Crippen MR) is 79.0 cm³/mol. The van der Waals surface area contributed by atoms with E-state index in [2.05, 4.69) is 5.32 Å². The molecule has 0 aliphatic rings. The Morgan fingerprint density at radius 2 is 2.29 bits per heavy atom. The maximum atomic E-state index is 11.8. The van der Waals surface area contributed by atoms with E-state index in [0.717, 1.165) is 12.8 Å². The molecule has 0 radical (unpaired) electrons. The zero-order chi connectivity index (χ0) is 15.8. The summed E-state index contributed by atoms with van der Waals surface area (Å²) in [4.78, 5) is 22.0. The van der Waals surface area contributed by atoms with Crippen LogP contribution in [0.1, 0.15) is 25.3 Å². The number of nitrogen functional groups attached to an aromatic ring is 1. The molecule has 0 fully saturated rings. The van der Waals surface area contributed by atoms with Gasteiger partial charge in [-0.25, -0.2) is 0 Å². The van der Waals surface area contributed by atoms with E-state index in [0.29, 0.717) is 12.1 Å². The number of nitrogens with zero attached hydrogens (tertiary/aromatic N) is 2. The molecule has 7 heteroatoms. The SMILES string of the molecule is CCCCNC(=O)C(C#N)=Cc1ccc(N)c([N+](=O)[O-])c1. The molecule has 0 spiro atoms. The molecule has 1 amide bonds. The van der Waals surface area contributed by atoms with E-state index in [1.54, 1.807) is 6.07 Å². The summed E-state index contributed by atoms with van der Waals surface area (Å²) in [6, 6.07) is 5.90. The van der Waals surface area contributed by atoms with Gasteiger partial charge in [0.15, 0.2) is 0 Å². The average molecular weight is 288 g/mol. The minimum Gasteiger partial charge on any atom is -0.393 e. The molecule has 0 saturated carbocycles. The molecule has 110 valence electrons. The summed E-state index contributed by atoms with van der Waals surface area (Å²) >= 11 is 0. The number of hydrogen-bond acceptors (Lipinski definition) is 5. The average Bonchev–Trinajstić information content (AvgIpc) is 2.46. The zero-order valence-electron chi connectivity index (χ0n) is 11.6. The Labute approximate surface area is 122 Å². The molecule has 0 unspecified atom stereocenters. The van der Waals surface area contributed by atoms with E-state index in [-0.39, 0.29) is 16.9 Å². The van der Waals surface area contributed by atoms with E-state index in [9.17, 15) is 14.9 Å². The Morgan fingerprint density at radius 3 is 2.86 bits per heavy atom. The normalized spacial score (nSPS) is 10.8. The fourth-order valence-electron chi connectivity index (χ4n) is 1.60. The number of hydrogen-bond donors (Lipinski definition) is 2. The van der Waals surface area contributed by atoms with Crippen LogP contribution in [-0.4, -0.2) is 17.4 Å². The molecular weight excluding hydrogens is 272 g/mol. The number of nitriles is 1. The van der Waals surface area contributed by atoms with Crippen LogP contribution in [0.4, 0.5) is 11.4 Å². The third-order valence-corrected chi connectivity index (χ3v) is 2.74. The molecule has 0 bridgehead atoms. The highest BCUT2D eigenvalue weighted by molar-refractivity contribution is 6.01. The molecule has 0 aliphatic heterocycles. The number of unbranched alkanes of at least 4 members (excludes halogenated alkanes) is 1. The predicted octanol–water partition coefficient (Wildman–Crippen LogP) is 2.00. The summed E-state index contributed by atoms with van der Waals surface area (Å²) in [6.45, 7) is 2.47. The van der Waals surface area contributed by atoms with Crippen molar-refractivity contribution in [2.75, 3.05) is 12.3 Å². The Bertz CT molecular complexity index is 617. The van der Waals surface area contributed by atoms with Gasteiger partial charge < -0.3 is 11.1 Å². The summed E-state index contributed by atoms with van der Waals surface area (Å²) in [5.41, 5.74) is 5.53. The molecule has 0 aromatic heterocycles. The summed E-state index contributed by atoms with van der Waals surface area (Å²) in [7, 11) is 0. The van der Waals surface area contributed by atoms with Crippen molar-refractivity contribution in [3.8, 4) is 6.07 Å². The fourth-order valence-corrected chi connectivity index (χ4v) is 1.60. The van der Waals surface area contributed by atoms with Gasteiger partial charge in [0.05, 0.1) is 4.92 Å². The van der Waals surface area contributed by atoms with Crippen LogP contribution < -0.4 is 11.1 Å². The lowest BCUT2D eigenvalue weighted by Gasteiger charge is -2.03. The fraction of sp³-hybridized carbons (Fsp3) is 0.286. The highest BCUT2D eigenvalue weighted by Gasteiger charge is 2.13. The number of carbonyl (C=O) groups is 1. The van der Waals surface area contributed by atoms with Gasteiger partial charge in [-0.05, 0) is 24.1 Å². The number of benzene rings is 1. The van der Waals surface area contributed by atoms with Gasteiger partial charge in [0.1, 0.15) is 17.3 Å². The van der Waals surface area contributed by atoms with Crippen molar-refractivity contribution in [1.82, 2.24) is 5.32 Å². The lowest BCUT2D eigenvalue weighted by molar-refractivity contribution is -0.383. The van der Waals surface area contributed by atoms with E-state index >= 15 is 0 Å². The first-order valence-electron chi connectivity index (χ1n) is 6.43.